The summed E-state index contributed by atoms with van der Waals surface area (Å²) in [6.07, 6.45) is 0.525. The first-order valence-electron chi connectivity index (χ1n) is 5.33. The van der Waals surface area contributed by atoms with Crippen LogP contribution in [-0.4, -0.2) is 28.6 Å². The van der Waals surface area contributed by atoms with Crippen LogP contribution < -0.4 is 11.1 Å². The number of nitrogens with two attached hydrogens (primary N) is 1. The van der Waals surface area contributed by atoms with Crippen LogP contribution in [-0.2, 0) is 11.2 Å². The highest BCUT2D eigenvalue weighted by Crippen LogP contribution is 1.99. The Morgan fingerprint density at radius 3 is 2.65 bits per heavy atom. The molecule has 0 aliphatic carbocycles. The lowest BCUT2D eigenvalue weighted by atomic mass is 10.1. The van der Waals surface area contributed by atoms with Crippen molar-refractivity contribution >= 4 is 18.3 Å². The van der Waals surface area contributed by atoms with Crippen LogP contribution in [0.3, 0.4) is 0 Å². The Balaban J connectivity index is 0.00000256. The molecule has 1 aromatic rings. The van der Waals surface area contributed by atoms with Gasteiger partial charge in [0.15, 0.2) is 5.82 Å². The molecule has 98 valence electrons. The molecule has 0 aliphatic rings. The van der Waals surface area contributed by atoms with Gasteiger partial charge < -0.3 is 15.6 Å². The van der Waals surface area contributed by atoms with Crippen LogP contribution in [0, 0.1) is 12.8 Å². The SMILES string of the molecule is Cc1noc(CCNC(=O)C(N)C(C)C)n1.Cl. The molecule has 3 N–H and O–H groups in total. The lowest BCUT2D eigenvalue weighted by Gasteiger charge is -2.14. The second-order valence-electron chi connectivity index (χ2n) is 4.05. The minimum absolute atomic E-state index is 0. The smallest absolute Gasteiger partial charge is 0.237 e. The van der Waals surface area contributed by atoms with Crippen LogP contribution in [0.2, 0.25) is 0 Å². The van der Waals surface area contributed by atoms with Gasteiger partial charge in [0.25, 0.3) is 0 Å². The fourth-order valence-corrected chi connectivity index (χ4v) is 1.15. The topological polar surface area (TPSA) is 94.0 Å². The fraction of sp³-hybridized carbons (Fsp3) is 0.700. The summed E-state index contributed by atoms with van der Waals surface area (Å²) in [6.45, 7) is 6.03. The molecule has 1 aromatic heterocycles. The van der Waals surface area contributed by atoms with E-state index < -0.39 is 6.04 Å². The van der Waals surface area contributed by atoms with Crippen molar-refractivity contribution in [2.24, 2.45) is 11.7 Å². The molecule has 0 radical (unpaired) electrons. The van der Waals surface area contributed by atoms with Crippen molar-refractivity contribution in [3.05, 3.63) is 11.7 Å². The maximum absolute atomic E-state index is 11.5. The first-order valence-corrected chi connectivity index (χ1v) is 5.33. The highest BCUT2D eigenvalue weighted by atomic mass is 35.5. The number of halogens is 1. The first kappa shape index (κ1) is 15.9. The zero-order valence-electron chi connectivity index (χ0n) is 10.3. The van der Waals surface area contributed by atoms with E-state index in [4.69, 9.17) is 10.3 Å². The Labute approximate surface area is 107 Å². The van der Waals surface area contributed by atoms with Gasteiger partial charge in [0, 0.05) is 13.0 Å². The lowest BCUT2D eigenvalue weighted by Crippen LogP contribution is -2.44. The van der Waals surface area contributed by atoms with Gasteiger partial charge in [-0.05, 0) is 12.8 Å². The highest BCUT2D eigenvalue weighted by Gasteiger charge is 2.16. The van der Waals surface area contributed by atoms with Crippen LogP contribution >= 0.6 is 12.4 Å². The Morgan fingerprint density at radius 2 is 2.18 bits per heavy atom. The van der Waals surface area contributed by atoms with Gasteiger partial charge in [-0.1, -0.05) is 19.0 Å². The van der Waals surface area contributed by atoms with Crippen molar-refractivity contribution < 1.29 is 9.32 Å². The van der Waals surface area contributed by atoms with Crippen molar-refractivity contribution in [3.63, 3.8) is 0 Å². The summed E-state index contributed by atoms with van der Waals surface area (Å²) in [6, 6.07) is -0.468. The number of aryl methyl sites for hydroxylation is 1. The zero-order chi connectivity index (χ0) is 12.1. The molecular weight excluding hydrogens is 244 g/mol. The van der Waals surface area contributed by atoms with Crippen LogP contribution in [0.5, 0.6) is 0 Å². The third-order valence-corrected chi connectivity index (χ3v) is 2.23. The Hall–Kier alpha value is -1.14. The minimum atomic E-state index is -0.468. The fourth-order valence-electron chi connectivity index (χ4n) is 1.15. The summed E-state index contributed by atoms with van der Waals surface area (Å²) in [5.41, 5.74) is 5.68. The summed E-state index contributed by atoms with van der Waals surface area (Å²) < 4.78 is 4.91. The lowest BCUT2D eigenvalue weighted by molar-refractivity contribution is -0.123. The van der Waals surface area contributed by atoms with E-state index in [0.29, 0.717) is 24.7 Å². The van der Waals surface area contributed by atoms with E-state index in [1.54, 1.807) is 6.92 Å². The molecule has 0 bridgehead atoms. The van der Waals surface area contributed by atoms with E-state index in [2.05, 4.69) is 15.5 Å². The maximum Gasteiger partial charge on any atom is 0.237 e. The first-order chi connectivity index (χ1) is 7.50. The quantitative estimate of drug-likeness (QED) is 0.803. The van der Waals surface area contributed by atoms with Gasteiger partial charge in [-0.3, -0.25) is 4.79 Å². The van der Waals surface area contributed by atoms with E-state index in [0.717, 1.165) is 0 Å². The van der Waals surface area contributed by atoms with Crippen LogP contribution in [0.15, 0.2) is 4.52 Å². The number of carbonyl (C=O) groups excluding carboxylic acids is 1. The predicted molar refractivity (Wildman–Crippen MR) is 65.8 cm³/mol. The molecule has 0 fully saturated rings. The molecule has 17 heavy (non-hydrogen) atoms. The second-order valence-corrected chi connectivity index (χ2v) is 4.05. The van der Waals surface area contributed by atoms with Crippen molar-refractivity contribution in [1.82, 2.24) is 15.5 Å². The van der Waals surface area contributed by atoms with E-state index in [-0.39, 0.29) is 24.2 Å². The number of hydrogen-bond acceptors (Lipinski definition) is 5. The second kappa shape index (κ2) is 7.24. The van der Waals surface area contributed by atoms with E-state index in [9.17, 15) is 4.79 Å². The maximum atomic E-state index is 11.5. The third-order valence-electron chi connectivity index (χ3n) is 2.23. The third kappa shape index (κ3) is 5.14. The van der Waals surface area contributed by atoms with Crippen molar-refractivity contribution in [2.75, 3.05) is 6.54 Å². The number of rotatable bonds is 5. The van der Waals surface area contributed by atoms with Gasteiger partial charge in [0.05, 0.1) is 6.04 Å². The zero-order valence-corrected chi connectivity index (χ0v) is 11.1. The van der Waals surface area contributed by atoms with Crippen LogP contribution in [0.4, 0.5) is 0 Å². The van der Waals surface area contributed by atoms with E-state index in [1.807, 2.05) is 13.8 Å². The summed E-state index contributed by atoms with van der Waals surface area (Å²) in [5, 5.41) is 6.38. The highest BCUT2D eigenvalue weighted by molar-refractivity contribution is 5.85. The summed E-state index contributed by atoms with van der Waals surface area (Å²) in [7, 11) is 0. The molecule has 0 spiro atoms. The van der Waals surface area contributed by atoms with Crippen molar-refractivity contribution in [2.45, 2.75) is 33.2 Å². The molecular formula is C10H19ClN4O2. The van der Waals surface area contributed by atoms with Gasteiger partial charge in [0.1, 0.15) is 0 Å². The van der Waals surface area contributed by atoms with Crippen molar-refractivity contribution in [1.29, 1.82) is 0 Å². The molecule has 1 amide bonds. The summed E-state index contributed by atoms with van der Waals surface area (Å²) >= 11 is 0. The molecule has 0 aliphatic heterocycles. The monoisotopic (exact) mass is 262 g/mol. The van der Waals surface area contributed by atoms with Gasteiger partial charge in [-0.15, -0.1) is 12.4 Å². The summed E-state index contributed by atoms with van der Waals surface area (Å²) in [5.74, 6) is 1.10. The average Bonchev–Trinajstić information content (AvgIpc) is 2.62. The number of aromatic nitrogens is 2. The standard InChI is InChI=1S/C10H18N4O2.ClH/c1-6(2)9(11)10(15)12-5-4-8-13-7(3)14-16-8;/h6,9H,4-5,11H2,1-3H3,(H,12,15);1H. The Morgan fingerprint density at radius 1 is 1.53 bits per heavy atom. The van der Waals surface area contributed by atoms with Gasteiger partial charge in [0.2, 0.25) is 11.8 Å². The molecule has 6 nitrogen and oxygen atoms in total. The van der Waals surface area contributed by atoms with Crippen molar-refractivity contribution in [3.8, 4) is 0 Å². The molecule has 0 saturated heterocycles. The molecule has 7 heteroatoms. The molecule has 1 rings (SSSR count). The number of hydrogen-bond donors (Lipinski definition) is 2. The van der Waals surface area contributed by atoms with Gasteiger partial charge in [-0.25, -0.2) is 0 Å². The minimum Gasteiger partial charge on any atom is -0.354 e. The van der Waals surface area contributed by atoms with Crippen LogP contribution in [0.1, 0.15) is 25.6 Å². The van der Waals surface area contributed by atoms with E-state index >= 15 is 0 Å². The molecule has 1 unspecified atom stereocenters. The average molecular weight is 263 g/mol. The molecule has 1 atom stereocenters. The predicted octanol–water partition coefficient (Wildman–Crippen LogP) is 0.442. The largest absolute Gasteiger partial charge is 0.354 e. The summed E-state index contributed by atoms with van der Waals surface area (Å²) in [4.78, 5) is 15.5. The van der Waals surface area contributed by atoms with Crippen LogP contribution in [0.25, 0.3) is 0 Å². The normalized spacial score (nSPS) is 12.1. The molecule has 0 aromatic carbocycles. The Bertz CT molecular complexity index is 354. The Kier molecular flexibility index (Phi) is 6.75. The number of nitrogens with one attached hydrogen (secondary N) is 1. The molecule has 0 saturated carbocycles. The van der Waals surface area contributed by atoms with Gasteiger partial charge in [-0.2, -0.15) is 4.98 Å². The number of amides is 1. The number of carbonyl (C=O) groups is 1. The van der Waals surface area contributed by atoms with E-state index in [1.165, 1.54) is 0 Å². The number of nitrogens with zero attached hydrogens (tertiary/aromatic N) is 2. The van der Waals surface area contributed by atoms with Gasteiger partial charge >= 0.3 is 0 Å². The molecule has 1 heterocycles.